The highest BCUT2D eigenvalue weighted by molar-refractivity contribution is 5.91. The molecule has 0 bridgehead atoms. The zero-order chi connectivity index (χ0) is 48.7. The number of nitrogens with one attached hydrogen (secondary N) is 1. The van der Waals surface area contributed by atoms with E-state index in [1.807, 2.05) is 0 Å². The number of carboxylic acid groups (broad SMARTS) is 1. The van der Waals surface area contributed by atoms with E-state index in [1.54, 1.807) is 18.2 Å². The highest BCUT2D eigenvalue weighted by atomic mass is 16.6. The van der Waals surface area contributed by atoms with Crippen molar-refractivity contribution in [2.45, 2.75) is 116 Å². The molecule has 376 valence electrons. The van der Waals surface area contributed by atoms with Gasteiger partial charge < -0.3 is 48.0 Å². The van der Waals surface area contributed by atoms with Crippen molar-refractivity contribution in [2.24, 2.45) is 51.5 Å². The van der Waals surface area contributed by atoms with Gasteiger partial charge in [0.25, 0.3) is 0 Å². The molecule has 6 rings (SSSR count). The smallest absolute Gasteiger partial charge is 0.336 e. The highest BCUT2D eigenvalue weighted by Crippen LogP contribution is 2.68. The van der Waals surface area contributed by atoms with Crippen molar-refractivity contribution in [3.8, 4) is 5.75 Å². The van der Waals surface area contributed by atoms with Gasteiger partial charge in [-0.25, -0.2) is 9.59 Å². The number of rotatable bonds is 27. The maximum absolute atomic E-state index is 13.6. The molecule has 68 heavy (non-hydrogen) atoms. The zero-order valence-electron chi connectivity index (χ0n) is 40.3. The summed E-state index contributed by atoms with van der Waals surface area (Å²) in [6.45, 7) is 11.0. The van der Waals surface area contributed by atoms with Crippen LogP contribution in [0.2, 0.25) is 0 Å². The van der Waals surface area contributed by atoms with Gasteiger partial charge in [-0.2, -0.15) is 0 Å². The molecule has 4 aliphatic carbocycles. The van der Waals surface area contributed by atoms with Gasteiger partial charge in [-0.1, -0.05) is 25.9 Å². The zero-order valence-corrected chi connectivity index (χ0v) is 40.3. The Morgan fingerprint density at radius 1 is 0.882 bits per heavy atom. The third-order valence-corrected chi connectivity index (χ3v) is 15.9. The van der Waals surface area contributed by atoms with Crippen LogP contribution in [0.25, 0.3) is 21.4 Å². The molecule has 10 atom stereocenters. The fourth-order valence-electron chi connectivity index (χ4n) is 12.6. The summed E-state index contributed by atoms with van der Waals surface area (Å²) in [4.78, 5) is 66.4. The Kier molecular flexibility index (Phi) is 19.5. The lowest BCUT2D eigenvalue weighted by atomic mass is 9.44. The van der Waals surface area contributed by atoms with Gasteiger partial charge in [-0.15, -0.1) is 0 Å². The number of aliphatic carboxylic acids is 1. The predicted octanol–water partition coefficient (Wildman–Crippen LogP) is 7.21. The first-order valence-electron chi connectivity index (χ1n) is 24.6. The minimum Gasteiger partial charge on any atom is -0.497 e. The molecular formula is C50H72N4O14. The van der Waals surface area contributed by atoms with Gasteiger partial charge in [-0.3, -0.25) is 14.4 Å². The van der Waals surface area contributed by atoms with Crippen molar-refractivity contribution in [3.63, 3.8) is 0 Å². The van der Waals surface area contributed by atoms with Crippen LogP contribution in [0.3, 0.4) is 0 Å². The lowest BCUT2D eigenvalue weighted by Crippen LogP contribution is -2.54. The SMILES string of the molecule is COc1ccc2c(CC(=O)N[C@@H](CC(=O)O)C(=O)O[C@@H]3CC[C@@]4(C)[C@H](CC[C@@H]5[C@@H]4CC[C@]4(C)C([C@H](C)CCC(=O)OCCOCCOCCOCCOCCN=[N+]=[N-])CC[C@@H]54)C3)cc(=O)oc2c1. The first kappa shape index (κ1) is 52.6. The average molecular weight is 953 g/mol. The van der Waals surface area contributed by atoms with Crippen molar-refractivity contribution < 1.29 is 61.9 Å². The lowest BCUT2D eigenvalue weighted by molar-refractivity contribution is -0.167. The molecule has 1 unspecified atom stereocenters. The summed E-state index contributed by atoms with van der Waals surface area (Å²) in [6, 6.07) is 4.74. The summed E-state index contributed by atoms with van der Waals surface area (Å²) in [7, 11) is 1.49. The monoisotopic (exact) mass is 953 g/mol. The molecule has 0 aliphatic heterocycles. The Hall–Kier alpha value is -4.74. The molecule has 2 aromatic rings. The molecule has 0 spiro atoms. The Morgan fingerprint density at radius 3 is 2.25 bits per heavy atom. The van der Waals surface area contributed by atoms with Gasteiger partial charge in [0, 0.05) is 35.4 Å². The van der Waals surface area contributed by atoms with Crippen LogP contribution in [0.4, 0.5) is 0 Å². The molecule has 4 aliphatic rings. The summed E-state index contributed by atoms with van der Waals surface area (Å²) >= 11 is 0. The quantitative estimate of drug-likeness (QED) is 0.0225. The van der Waals surface area contributed by atoms with Crippen LogP contribution in [0.1, 0.15) is 103 Å². The summed E-state index contributed by atoms with van der Waals surface area (Å²) in [5.74, 6) is 0.845. The van der Waals surface area contributed by atoms with Gasteiger partial charge >= 0.3 is 23.5 Å². The molecule has 0 radical (unpaired) electrons. The molecule has 2 N–H and O–H groups in total. The minimum absolute atomic E-state index is 0.115. The number of esters is 2. The van der Waals surface area contributed by atoms with Crippen molar-refractivity contribution in [1.29, 1.82) is 0 Å². The largest absolute Gasteiger partial charge is 0.497 e. The van der Waals surface area contributed by atoms with E-state index in [1.165, 1.54) is 26.0 Å². The van der Waals surface area contributed by atoms with E-state index in [0.717, 1.165) is 38.5 Å². The van der Waals surface area contributed by atoms with Crippen LogP contribution in [-0.4, -0.2) is 114 Å². The number of methoxy groups -OCH3 is 1. The fourth-order valence-corrected chi connectivity index (χ4v) is 12.6. The number of fused-ring (bicyclic) bond motifs is 6. The van der Waals surface area contributed by atoms with Crippen LogP contribution in [0.5, 0.6) is 5.75 Å². The Bertz CT molecular complexity index is 2130. The van der Waals surface area contributed by atoms with E-state index in [9.17, 15) is 29.1 Å². The van der Waals surface area contributed by atoms with Crippen molar-refractivity contribution >= 4 is 34.8 Å². The molecule has 1 amide bonds. The Balaban J connectivity index is 0.899. The van der Waals surface area contributed by atoms with Crippen LogP contribution in [-0.2, 0) is 54.0 Å². The summed E-state index contributed by atoms with van der Waals surface area (Å²) in [5, 5.41) is 16.2. The topological polar surface area (TPSA) is 244 Å². The second kappa shape index (κ2) is 25.2. The van der Waals surface area contributed by atoms with E-state index in [-0.39, 0.29) is 41.5 Å². The minimum atomic E-state index is -1.38. The van der Waals surface area contributed by atoms with Gasteiger partial charge in [0.05, 0.1) is 72.8 Å². The molecule has 18 heteroatoms. The number of ether oxygens (including phenoxy) is 7. The Labute approximate surface area is 398 Å². The Morgan fingerprint density at radius 2 is 1.56 bits per heavy atom. The van der Waals surface area contributed by atoms with Crippen LogP contribution >= 0.6 is 0 Å². The maximum Gasteiger partial charge on any atom is 0.336 e. The number of nitrogens with zero attached hydrogens (tertiary/aromatic N) is 3. The third-order valence-electron chi connectivity index (χ3n) is 15.9. The predicted molar refractivity (Wildman–Crippen MR) is 249 cm³/mol. The van der Waals surface area contributed by atoms with Crippen molar-refractivity contribution in [3.05, 3.63) is 50.7 Å². The molecule has 1 heterocycles. The lowest BCUT2D eigenvalue weighted by Gasteiger charge is -2.61. The van der Waals surface area contributed by atoms with Gasteiger partial charge in [-0.05, 0) is 134 Å². The average Bonchev–Trinajstić information content (AvgIpc) is 3.67. The fraction of sp³-hybridized carbons (Fsp3) is 0.740. The number of amides is 1. The second-order valence-electron chi connectivity index (χ2n) is 19.7. The van der Waals surface area contributed by atoms with Gasteiger partial charge in [0.1, 0.15) is 30.1 Å². The van der Waals surface area contributed by atoms with Gasteiger partial charge in [0.2, 0.25) is 5.91 Å². The van der Waals surface area contributed by atoms with E-state index < -0.39 is 35.9 Å². The highest BCUT2D eigenvalue weighted by Gasteiger charge is 2.61. The standard InChI is InChI=1S/C50H72N4O14/c1-32(5-12-46(58)66-26-25-65-24-23-64-22-21-63-20-19-62-18-17-52-54-51)39-10-11-40-38-8-6-34-29-36(13-15-49(34,2)41(38)14-16-50(39,40)3)67-48(60)42(31-45(56)57)53-44(55)27-33-28-47(59)68-43-30-35(61-4)7-9-37(33)43/h7,9,28,30,32,34,36,38-42H,5-6,8,10-27,29,31H2,1-4H3,(H,53,55)(H,56,57)/t32-,34-,36-,38+,39?,40+,41+,42+,49+,50-/m1/s1. The number of carbonyl (C=O) groups excluding carboxylic acids is 3. The number of hydrogen-bond donors (Lipinski definition) is 2. The number of carbonyl (C=O) groups is 4. The maximum atomic E-state index is 13.6. The number of carboxylic acids is 1. The molecule has 4 saturated carbocycles. The van der Waals surface area contributed by atoms with E-state index in [4.69, 9.17) is 43.1 Å². The van der Waals surface area contributed by atoms with E-state index in [2.05, 4.69) is 36.1 Å². The third kappa shape index (κ3) is 13.7. The number of hydrogen-bond acceptors (Lipinski definition) is 14. The van der Waals surface area contributed by atoms with E-state index in [0.29, 0.717) is 131 Å². The van der Waals surface area contributed by atoms with Crippen LogP contribution in [0.15, 0.2) is 38.6 Å². The molecule has 18 nitrogen and oxygen atoms in total. The molecule has 1 aromatic heterocycles. The number of azide groups is 1. The molecule has 4 fully saturated rings. The van der Waals surface area contributed by atoms with Gasteiger partial charge in [0.15, 0.2) is 0 Å². The summed E-state index contributed by atoms with van der Waals surface area (Å²) in [5.41, 5.74) is 8.54. The van der Waals surface area contributed by atoms with Crippen LogP contribution in [0, 0.1) is 46.3 Å². The molecule has 1 aromatic carbocycles. The van der Waals surface area contributed by atoms with E-state index >= 15 is 0 Å². The van der Waals surface area contributed by atoms with Crippen molar-refractivity contribution in [1.82, 2.24) is 5.32 Å². The summed E-state index contributed by atoms with van der Waals surface area (Å²) < 4.78 is 43.8. The first-order valence-corrected chi connectivity index (χ1v) is 24.6. The second-order valence-corrected chi connectivity index (χ2v) is 19.7. The normalized spacial score (nSPS) is 27.1. The van der Waals surface area contributed by atoms with Crippen LogP contribution < -0.4 is 15.7 Å². The molecule has 0 saturated heterocycles. The summed E-state index contributed by atoms with van der Waals surface area (Å²) in [6.07, 6.45) is 9.14. The van der Waals surface area contributed by atoms with Crippen molar-refractivity contribution in [2.75, 3.05) is 73.1 Å². The first-order chi connectivity index (χ1) is 32.7. The molecular weight excluding hydrogens is 881 g/mol. The number of benzene rings is 1.